The number of nitrogens with zero attached hydrogens (tertiary/aromatic N) is 5. The van der Waals surface area contributed by atoms with E-state index in [9.17, 15) is 4.79 Å². The van der Waals surface area contributed by atoms with Crippen LogP contribution in [0.15, 0.2) is 29.3 Å². The van der Waals surface area contributed by atoms with E-state index in [1.807, 2.05) is 28.9 Å². The first-order valence-corrected chi connectivity index (χ1v) is 10.3. The Morgan fingerprint density at radius 2 is 2.23 bits per heavy atom. The maximum absolute atomic E-state index is 11.7. The zero-order valence-corrected chi connectivity index (χ0v) is 18.6. The summed E-state index contributed by atoms with van der Waals surface area (Å²) in [5.74, 6) is 3.02. The molecule has 1 atom stereocenters. The summed E-state index contributed by atoms with van der Waals surface area (Å²) in [5.41, 5.74) is 1.03. The van der Waals surface area contributed by atoms with Gasteiger partial charge >= 0.3 is 0 Å². The van der Waals surface area contributed by atoms with Crippen LogP contribution < -0.4 is 15.4 Å². The van der Waals surface area contributed by atoms with Crippen LogP contribution >= 0.6 is 0 Å². The first kappa shape index (κ1) is 22.5. The predicted molar refractivity (Wildman–Crippen MR) is 117 cm³/mol. The molecule has 1 aliphatic rings. The summed E-state index contributed by atoms with van der Waals surface area (Å²) in [6, 6.07) is 7.88. The number of aromatic nitrogens is 3. The summed E-state index contributed by atoms with van der Waals surface area (Å²) >= 11 is 0. The zero-order valence-electron chi connectivity index (χ0n) is 18.6. The van der Waals surface area contributed by atoms with Gasteiger partial charge in [0.2, 0.25) is 0 Å². The normalized spacial score (nSPS) is 15.9. The van der Waals surface area contributed by atoms with Gasteiger partial charge in [0.15, 0.2) is 18.4 Å². The molecule has 0 saturated carbocycles. The number of rotatable bonds is 8. The Morgan fingerprint density at radius 3 is 2.97 bits per heavy atom. The van der Waals surface area contributed by atoms with Crippen LogP contribution in [0.1, 0.15) is 23.6 Å². The fourth-order valence-electron chi connectivity index (χ4n) is 3.26. The van der Waals surface area contributed by atoms with E-state index in [0.717, 1.165) is 42.6 Å². The molecule has 0 fully saturated rings. The highest BCUT2D eigenvalue weighted by molar-refractivity contribution is 5.80. The average Bonchev–Trinajstić information content (AvgIpc) is 3.17. The number of carbonyl (C=O) groups excluding carboxylic acids is 1. The fraction of sp³-hybridized carbons (Fsp3) is 0.524. The third-order valence-corrected chi connectivity index (χ3v) is 4.96. The van der Waals surface area contributed by atoms with Crippen LogP contribution in [0.2, 0.25) is 0 Å². The van der Waals surface area contributed by atoms with E-state index < -0.39 is 0 Å². The number of amides is 1. The van der Waals surface area contributed by atoms with E-state index in [1.165, 1.54) is 4.90 Å². The molecule has 168 valence electrons. The predicted octanol–water partition coefficient (Wildman–Crippen LogP) is 0.572. The molecule has 1 aliphatic heterocycles. The van der Waals surface area contributed by atoms with Crippen molar-refractivity contribution in [3.8, 4) is 5.75 Å². The summed E-state index contributed by atoms with van der Waals surface area (Å²) in [4.78, 5) is 22.1. The van der Waals surface area contributed by atoms with Crippen molar-refractivity contribution in [1.29, 1.82) is 0 Å². The maximum Gasteiger partial charge on any atom is 0.259 e. The highest BCUT2D eigenvalue weighted by Gasteiger charge is 2.22. The summed E-state index contributed by atoms with van der Waals surface area (Å²) in [6.07, 6.45) is 1.81. The van der Waals surface area contributed by atoms with E-state index in [1.54, 1.807) is 28.3 Å². The summed E-state index contributed by atoms with van der Waals surface area (Å²) in [7, 11) is 6.81. The molecule has 10 heteroatoms. The molecule has 3 rings (SSSR count). The van der Waals surface area contributed by atoms with Crippen LogP contribution in [0.4, 0.5) is 0 Å². The highest BCUT2D eigenvalue weighted by Crippen LogP contribution is 2.15. The smallest absolute Gasteiger partial charge is 0.259 e. The number of benzene rings is 1. The molecule has 0 bridgehead atoms. The molecule has 1 amide bonds. The Kier molecular flexibility index (Phi) is 7.82. The van der Waals surface area contributed by atoms with Gasteiger partial charge in [-0.2, -0.15) is 5.10 Å². The molecule has 2 N–H and O–H groups in total. The number of ether oxygens (including phenoxy) is 2. The number of likely N-dealkylation sites (N-methyl/N-ethyl adjacent to an activating group) is 1. The van der Waals surface area contributed by atoms with Crippen molar-refractivity contribution in [3.05, 3.63) is 41.5 Å². The van der Waals surface area contributed by atoms with Crippen LogP contribution in [0.25, 0.3) is 0 Å². The number of aryl methyl sites for hydroxylation is 1. The SMILES string of the molecule is CN=C(NCc1cccc(OCC(=O)N(C)C)c1)NC1CCc2nc(COC)nn2C1. The van der Waals surface area contributed by atoms with Crippen molar-refractivity contribution in [2.45, 2.75) is 38.6 Å². The van der Waals surface area contributed by atoms with Crippen molar-refractivity contribution in [1.82, 2.24) is 30.3 Å². The second-order valence-corrected chi connectivity index (χ2v) is 7.59. The van der Waals surface area contributed by atoms with Crippen LogP contribution in [0.3, 0.4) is 0 Å². The lowest BCUT2D eigenvalue weighted by Gasteiger charge is -2.25. The van der Waals surface area contributed by atoms with E-state index in [2.05, 4.69) is 25.7 Å². The van der Waals surface area contributed by atoms with Crippen molar-refractivity contribution < 1.29 is 14.3 Å². The first-order chi connectivity index (χ1) is 15.0. The number of methoxy groups -OCH3 is 1. The molecule has 0 spiro atoms. The van der Waals surface area contributed by atoms with Crippen molar-refractivity contribution in [2.75, 3.05) is 34.9 Å². The number of aliphatic imine (C=N–C) groups is 1. The average molecular weight is 430 g/mol. The second kappa shape index (κ2) is 10.8. The Bertz CT molecular complexity index is 910. The van der Waals surface area contributed by atoms with Gasteiger partial charge in [-0.3, -0.25) is 9.79 Å². The van der Waals surface area contributed by atoms with Gasteiger partial charge in [0.1, 0.15) is 18.2 Å². The molecular weight excluding hydrogens is 398 g/mol. The molecule has 1 unspecified atom stereocenters. The van der Waals surface area contributed by atoms with Crippen LogP contribution in [0, 0.1) is 0 Å². The van der Waals surface area contributed by atoms with Gasteiger partial charge in [-0.15, -0.1) is 0 Å². The third kappa shape index (κ3) is 6.42. The Hall–Kier alpha value is -3.14. The highest BCUT2D eigenvalue weighted by atomic mass is 16.5. The minimum absolute atomic E-state index is 0.0190. The Morgan fingerprint density at radius 1 is 1.39 bits per heavy atom. The number of carbonyl (C=O) groups is 1. The molecule has 0 radical (unpaired) electrons. The summed E-state index contributed by atoms with van der Waals surface area (Å²) in [5, 5.41) is 11.3. The monoisotopic (exact) mass is 429 g/mol. The standard InChI is InChI=1S/C21H31N7O3/c1-22-21(24-16-8-9-19-25-18(13-30-4)26-28(19)12-16)23-11-15-6-5-7-17(10-15)31-14-20(29)27(2)3/h5-7,10,16H,8-9,11-14H2,1-4H3,(H2,22,23,24). The van der Waals surface area contributed by atoms with Crippen molar-refractivity contribution >= 4 is 11.9 Å². The van der Waals surface area contributed by atoms with Gasteiger partial charge < -0.3 is 25.0 Å². The van der Waals surface area contributed by atoms with E-state index >= 15 is 0 Å². The van der Waals surface area contributed by atoms with Gasteiger partial charge in [-0.25, -0.2) is 9.67 Å². The molecular formula is C21H31N7O3. The molecule has 1 aromatic carbocycles. The lowest BCUT2D eigenvalue weighted by molar-refractivity contribution is -0.130. The van der Waals surface area contributed by atoms with Gasteiger partial charge in [-0.05, 0) is 24.1 Å². The van der Waals surface area contributed by atoms with Crippen molar-refractivity contribution in [3.63, 3.8) is 0 Å². The molecule has 1 aromatic heterocycles. The van der Waals surface area contributed by atoms with Gasteiger partial charge in [0.25, 0.3) is 5.91 Å². The van der Waals surface area contributed by atoms with Crippen LogP contribution in [-0.2, 0) is 35.6 Å². The largest absolute Gasteiger partial charge is 0.484 e. The summed E-state index contributed by atoms with van der Waals surface area (Å²) < 4.78 is 12.7. The fourth-order valence-corrected chi connectivity index (χ4v) is 3.26. The van der Waals surface area contributed by atoms with Crippen molar-refractivity contribution in [2.24, 2.45) is 4.99 Å². The molecule has 0 aliphatic carbocycles. The summed E-state index contributed by atoms with van der Waals surface area (Å²) in [6.45, 7) is 1.76. The first-order valence-electron chi connectivity index (χ1n) is 10.3. The number of nitrogens with one attached hydrogen (secondary N) is 2. The third-order valence-electron chi connectivity index (χ3n) is 4.96. The molecule has 2 aromatic rings. The minimum atomic E-state index is -0.0782. The number of fused-ring (bicyclic) bond motifs is 1. The minimum Gasteiger partial charge on any atom is -0.484 e. The van der Waals surface area contributed by atoms with E-state index in [0.29, 0.717) is 18.9 Å². The zero-order chi connectivity index (χ0) is 22.2. The van der Waals surface area contributed by atoms with Gasteiger partial charge in [-0.1, -0.05) is 12.1 Å². The lowest BCUT2D eigenvalue weighted by Crippen LogP contribution is -2.46. The number of guanidine groups is 1. The Balaban J connectivity index is 1.50. The van der Waals surface area contributed by atoms with Gasteiger partial charge in [0.05, 0.1) is 6.54 Å². The Labute approximate surface area is 182 Å². The molecule has 31 heavy (non-hydrogen) atoms. The topological polar surface area (TPSA) is 106 Å². The lowest BCUT2D eigenvalue weighted by atomic mass is 10.1. The van der Waals surface area contributed by atoms with Gasteiger partial charge in [0, 0.05) is 47.3 Å². The van der Waals surface area contributed by atoms with Crippen LogP contribution in [0.5, 0.6) is 5.75 Å². The van der Waals surface area contributed by atoms with Crippen LogP contribution in [-0.4, -0.2) is 72.4 Å². The second-order valence-electron chi connectivity index (χ2n) is 7.59. The van der Waals surface area contributed by atoms with E-state index in [-0.39, 0.29) is 18.6 Å². The maximum atomic E-state index is 11.7. The number of hydrogen-bond acceptors (Lipinski definition) is 6. The quantitative estimate of drug-likeness (QED) is 0.467. The van der Waals surface area contributed by atoms with E-state index in [4.69, 9.17) is 9.47 Å². The molecule has 10 nitrogen and oxygen atoms in total. The number of hydrogen-bond donors (Lipinski definition) is 2. The molecule has 0 saturated heterocycles. The molecule has 2 heterocycles.